The Morgan fingerprint density at radius 3 is 2.63 bits per heavy atom. The number of rotatable bonds is 2. The minimum Gasteiger partial charge on any atom is -0.370 e. The Morgan fingerprint density at radius 1 is 1.11 bits per heavy atom. The number of anilines is 2. The molecule has 1 saturated carbocycles. The topological polar surface area (TPSA) is 83.2 Å². The molecular weight excluding hydrogens is 343 g/mol. The van der Waals surface area contributed by atoms with Gasteiger partial charge in [0.2, 0.25) is 11.9 Å². The summed E-state index contributed by atoms with van der Waals surface area (Å²) in [4.78, 5) is 13.2. The number of guanidine groups is 2. The lowest BCUT2D eigenvalue weighted by Gasteiger charge is -2.47. The van der Waals surface area contributed by atoms with Crippen LogP contribution >= 0.6 is 0 Å². The SMILES string of the molecule is CC1CCCN(c2ccc(F)cc2N2C(N)=NC(N)=NC23CCCCC3)C1. The predicted molar refractivity (Wildman–Crippen MR) is 109 cm³/mol. The molecule has 3 aliphatic rings. The number of hydrogen-bond donors (Lipinski definition) is 2. The largest absolute Gasteiger partial charge is 0.370 e. The smallest absolute Gasteiger partial charge is 0.220 e. The van der Waals surface area contributed by atoms with Gasteiger partial charge < -0.3 is 16.4 Å². The Kier molecular flexibility index (Phi) is 4.70. The Labute approximate surface area is 160 Å². The van der Waals surface area contributed by atoms with Crippen molar-refractivity contribution < 1.29 is 4.39 Å². The number of nitrogens with two attached hydrogens (primary N) is 2. The molecule has 27 heavy (non-hydrogen) atoms. The predicted octanol–water partition coefficient (Wildman–Crippen LogP) is 3.17. The second-order valence-electron chi connectivity index (χ2n) is 8.14. The van der Waals surface area contributed by atoms with Gasteiger partial charge >= 0.3 is 0 Å². The second-order valence-corrected chi connectivity index (χ2v) is 8.14. The van der Waals surface area contributed by atoms with E-state index >= 15 is 0 Å². The fraction of sp³-hybridized carbons (Fsp3) is 0.600. The van der Waals surface area contributed by atoms with Gasteiger partial charge in [-0.3, -0.25) is 4.90 Å². The van der Waals surface area contributed by atoms with Crippen LogP contribution in [0.3, 0.4) is 0 Å². The van der Waals surface area contributed by atoms with Crippen LogP contribution in [0.1, 0.15) is 51.9 Å². The summed E-state index contributed by atoms with van der Waals surface area (Å²) >= 11 is 0. The number of halogens is 1. The lowest BCUT2D eigenvalue weighted by Crippen LogP contribution is -2.58. The average molecular weight is 372 g/mol. The third kappa shape index (κ3) is 3.35. The molecule has 6 nitrogen and oxygen atoms in total. The minimum atomic E-state index is -0.557. The number of benzene rings is 1. The summed E-state index contributed by atoms with van der Waals surface area (Å²) in [5.41, 5.74) is 13.5. The molecule has 2 heterocycles. The van der Waals surface area contributed by atoms with Crippen molar-refractivity contribution in [2.75, 3.05) is 22.9 Å². The fourth-order valence-corrected chi connectivity index (χ4v) is 4.82. The Morgan fingerprint density at radius 2 is 1.89 bits per heavy atom. The van der Waals surface area contributed by atoms with Crippen LogP contribution in [0.15, 0.2) is 28.2 Å². The summed E-state index contributed by atoms with van der Waals surface area (Å²) in [6.07, 6.45) is 7.31. The number of hydrogen-bond acceptors (Lipinski definition) is 6. The zero-order valence-corrected chi connectivity index (χ0v) is 16.0. The van der Waals surface area contributed by atoms with Crippen molar-refractivity contribution in [3.63, 3.8) is 0 Å². The van der Waals surface area contributed by atoms with Crippen molar-refractivity contribution in [3.05, 3.63) is 24.0 Å². The third-order valence-electron chi connectivity index (χ3n) is 6.03. The molecule has 1 atom stereocenters. The maximum atomic E-state index is 14.3. The maximum Gasteiger partial charge on any atom is 0.220 e. The highest BCUT2D eigenvalue weighted by Gasteiger charge is 2.43. The Balaban J connectivity index is 1.81. The van der Waals surface area contributed by atoms with Crippen molar-refractivity contribution in [2.45, 2.75) is 57.5 Å². The summed E-state index contributed by atoms with van der Waals surface area (Å²) in [7, 11) is 0. The van der Waals surface area contributed by atoms with Gasteiger partial charge in [-0.1, -0.05) is 13.3 Å². The highest BCUT2D eigenvalue weighted by atomic mass is 19.1. The van der Waals surface area contributed by atoms with Crippen LogP contribution in [0.5, 0.6) is 0 Å². The van der Waals surface area contributed by atoms with E-state index < -0.39 is 5.66 Å². The van der Waals surface area contributed by atoms with Gasteiger partial charge in [-0.2, -0.15) is 4.99 Å². The molecule has 1 saturated heterocycles. The quantitative estimate of drug-likeness (QED) is 0.835. The van der Waals surface area contributed by atoms with Crippen molar-refractivity contribution >= 4 is 23.3 Å². The molecular formula is C20H29FN6. The molecule has 1 aromatic rings. The lowest BCUT2D eigenvalue weighted by molar-refractivity contribution is 0.305. The van der Waals surface area contributed by atoms with Gasteiger partial charge in [-0.25, -0.2) is 9.38 Å². The molecule has 2 aliphatic heterocycles. The van der Waals surface area contributed by atoms with Crippen LogP contribution in [0.4, 0.5) is 15.8 Å². The molecule has 1 spiro atoms. The van der Waals surface area contributed by atoms with E-state index in [2.05, 4.69) is 16.8 Å². The monoisotopic (exact) mass is 372 g/mol. The van der Waals surface area contributed by atoms with Gasteiger partial charge in [0.15, 0.2) is 0 Å². The summed E-state index contributed by atoms with van der Waals surface area (Å²) in [5.74, 6) is 0.859. The van der Waals surface area contributed by atoms with Crippen LogP contribution in [0.25, 0.3) is 0 Å². The van der Waals surface area contributed by atoms with Crippen molar-refractivity contribution in [3.8, 4) is 0 Å². The van der Waals surface area contributed by atoms with E-state index in [1.54, 1.807) is 6.07 Å². The molecule has 0 radical (unpaired) electrons. The second kappa shape index (κ2) is 7.02. The molecule has 2 fully saturated rings. The minimum absolute atomic E-state index is 0.218. The summed E-state index contributed by atoms with van der Waals surface area (Å²) < 4.78 is 14.3. The van der Waals surface area contributed by atoms with Crippen molar-refractivity contribution in [2.24, 2.45) is 27.4 Å². The van der Waals surface area contributed by atoms with Crippen molar-refractivity contribution in [1.29, 1.82) is 0 Å². The molecule has 0 aromatic heterocycles. The number of piperidine rings is 1. The zero-order valence-electron chi connectivity index (χ0n) is 16.0. The van der Waals surface area contributed by atoms with Crippen molar-refractivity contribution in [1.82, 2.24) is 0 Å². The summed E-state index contributed by atoms with van der Waals surface area (Å²) in [5, 5.41) is 0. The van der Waals surface area contributed by atoms with E-state index in [-0.39, 0.29) is 11.8 Å². The number of aliphatic imine (C=N–C) groups is 2. The lowest BCUT2D eigenvalue weighted by atomic mass is 9.87. The highest BCUT2D eigenvalue weighted by Crippen LogP contribution is 2.43. The van der Waals surface area contributed by atoms with E-state index in [4.69, 9.17) is 16.5 Å². The Bertz CT molecular complexity index is 768. The first-order valence-corrected chi connectivity index (χ1v) is 10.0. The first-order chi connectivity index (χ1) is 13.0. The van der Waals surface area contributed by atoms with Gasteiger partial charge in [0.25, 0.3) is 0 Å². The molecule has 4 rings (SSSR count). The maximum absolute atomic E-state index is 14.3. The zero-order chi connectivity index (χ0) is 19.0. The van der Waals surface area contributed by atoms with E-state index in [1.807, 2.05) is 11.0 Å². The van der Waals surface area contributed by atoms with Gasteiger partial charge in [0.1, 0.15) is 11.5 Å². The van der Waals surface area contributed by atoms with Crippen LogP contribution < -0.4 is 21.3 Å². The molecule has 7 heteroatoms. The van der Waals surface area contributed by atoms with E-state index in [1.165, 1.54) is 18.9 Å². The third-order valence-corrected chi connectivity index (χ3v) is 6.03. The van der Waals surface area contributed by atoms with Crippen LogP contribution in [-0.2, 0) is 0 Å². The van der Waals surface area contributed by atoms with Crippen LogP contribution in [0.2, 0.25) is 0 Å². The standard InChI is InChI=1S/C20H29FN6/c1-14-6-5-11-26(13-14)16-8-7-15(21)12-17(16)27-19(23)24-18(22)25-20(27)9-3-2-4-10-20/h7-8,12,14H,2-6,9-11,13H2,1H3,(H4,22,23,24,25). The van der Waals surface area contributed by atoms with Gasteiger partial charge in [-0.05, 0) is 62.6 Å². The molecule has 4 N–H and O–H groups in total. The number of nitrogens with zero attached hydrogens (tertiary/aromatic N) is 4. The molecule has 0 bridgehead atoms. The molecule has 1 aromatic carbocycles. The average Bonchev–Trinajstić information content (AvgIpc) is 2.62. The molecule has 146 valence electrons. The fourth-order valence-electron chi connectivity index (χ4n) is 4.82. The van der Waals surface area contributed by atoms with Gasteiger partial charge in [-0.15, -0.1) is 0 Å². The normalized spacial score (nSPS) is 25.3. The first kappa shape index (κ1) is 18.1. The summed E-state index contributed by atoms with van der Waals surface area (Å²) in [6.45, 7) is 4.19. The first-order valence-electron chi connectivity index (χ1n) is 10.0. The summed E-state index contributed by atoms with van der Waals surface area (Å²) in [6, 6.07) is 4.97. The van der Waals surface area contributed by atoms with E-state index in [9.17, 15) is 4.39 Å². The van der Waals surface area contributed by atoms with E-state index in [0.29, 0.717) is 11.9 Å². The van der Waals surface area contributed by atoms with Gasteiger partial charge in [0.05, 0.1) is 11.4 Å². The molecule has 1 aliphatic carbocycles. The molecule has 0 amide bonds. The van der Waals surface area contributed by atoms with Gasteiger partial charge in [0, 0.05) is 13.1 Å². The molecule has 1 unspecified atom stereocenters. The highest BCUT2D eigenvalue weighted by molar-refractivity contribution is 6.07. The van der Waals surface area contributed by atoms with Crippen LogP contribution in [0, 0.1) is 11.7 Å². The van der Waals surface area contributed by atoms with Crippen LogP contribution in [-0.4, -0.2) is 30.7 Å². The van der Waals surface area contributed by atoms with E-state index in [0.717, 1.165) is 56.6 Å². The Hall–Kier alpha value is -2.31.